The molecule has 1 fully saturated rings. The molecule has 0 amide bonds. The van der Waals surface area contributed by atoms with Crippen LogP contribution in [0.15, 0.2) is 29.3 Å². The van der Waals surface area contributed by atoms with E-state index < -0.39 is 0 Å². The van der Waals surface area contributed by atoms with Crippen LogP contribution in [0.25, 0.3) is 0 Å². The van der Waals surface area contributed by atoms with Crippen LogP contribution < -0.4 is 15.4 Å². The van der Waals surface area contributed by atoms with E-state index in [4.69, 9.17) is 9.73 Å². The van der Waals surface area contributed by atoms with Gasteiger partial charge in [0, 0.05) is 13.6 Å². The van der Waals surface area contributed by atoms with Gasteiger partial charge in [0.15, 0.2) is 11.8 Å². The fraction of sp³-hybridized carbons (Fsp3) is 0.500. The fourth-order valence-corrected chi connectivity index (χ4v) is 2.41. The van der Waals surface area contributed by atoms with Crippen LogP contribution in [0.2, 0.25) is 0 Å². The lowest BCUT2D eigenvalue weighted by Gasteiger charge is -2.12. The first-order chi connectivity index (χ1) is 12.2. The minimum atomic E-state index is 0. The van der Waals surface area contributed by atoms with Gasteiger partial charge in [-0.05, 0) is 43.4 Å². The van der Waals surface area contributed by atoms with Gasteiger partial charge in [0.05, 0.1) is 20.2 Å². The zero-order chi connectivity index (χ0) is 17.6. The van der Waals surface area contributed by atoms with E-state index >= 15 is 0 Å². The summed E-state index contributed by atoms with van der Waals surface area (Å²) in [7, 11) is 3.64. The van der Waals surface area contributed by atoms with Gasteiger partial charge in [-0.25, -0.2) is 4.99 Å². The summed E-state index contributed by atoms with van der Waals surface area (Å²) in [6.45, 7) is 4.12. The molecule has 1 aromatic carbocycles. The van der Waals surface area contributed by atoms with Crippen LogP contribution in [0.1, 0.15) is 30.1 Å². The third kappa shape index (κ3) is 5.86. The van der Waals surface area contributed by atoms with Crippen molar-refractivity contribution in [2.24, 2.45) is 18.0 Å². The van der Waals surface area contributed by atoms with Gasteiger partial charge in [-0.2, -0.15) is 0 Å². The van der Waals surface area contributed by atoms with E-state index in [9.17, 15) is 0 Å². The number of aryl methyl sites for hydroxylation is 1. The van der Waals surface area contributed by atoms with Gasteiger partial charge >= 0.3 is 0 Å². The minimum Gasteiger partial charge on any atom is -0.497 e. The topological polar surface area (TPSA) is 76.4 Å². The third-order valence-corrected chi connectivity index (χ3v) is 4.43. The molecule has 0 radical (unpaired) electrons. The Hall–Kier alpha value is -1.84. The molecule has 0 bridgehead atoms. The summed E-state index contributed by atoms with van der Waals surface area (Å²) in [4.78, 5) is 4.70. The van der Waals surface area contributed by atoms with Crippen molar-refractivity contribution >= 4 is 29.9 Å². The molecular formula is C18H27IN6O. The summed E-state index contributed by atoms with van der Waals surface area (Å²) in [5.74, 6) is 4.24. The average molecular weight is 470 g/mol. The number of hydrogen-bond acceptors (Lipinski definition) is 4. The van der Waals surface area contributed by atoms with Crippen LogP contribution in [0.5, 0.6) is 5.75 Å². The molecule has 1 heterocycles. The Morgan fingerprint density at radius 1 is 1.23 bits per heavy atom. The Balaban J connectivity index is 0.00000243. The maximum absolute atomic E-state index is 5.19. The van der Waals surface area contributed by atoms with Crippen LogP contribution in [-0.2, 0) is 20.1 Å². The highest BCUT2D eigenvalue weighted by atomic mass is 127. The highest BCUT2D eigenvalue weighted by Crippen LogP contribution is 2.27. The van der Waals surface area contributed by atoms with Crippen molar-refractivity contribution in [3.63, 3.8) is 0 Å². The molecule has 1 saturated carbocycles. The molecule has 0 aliphatic heterocycles. The number of nitrogens with zero attached hydrogens (tertiary/aromatic N) is 4. The third-order valence-electron chi connectivity index (χ3n) is 4.43. The lowest BCUT2D eigenvalue weighted by Crippen LogP contribution is -2.38. The Kier molecular flexibility index (Phi) is 7.67. The number of aromatic nitrogens is 3. The summed E-state index contributed by atoms with van der Waals surface area (Å²) < 4.78 is 7.17. The zero-order valence-corrected chi connectivity index (χ0v) is 17.9. The maximum Gasteiger partial charge on any atom is 0.191 e. The van der Waals surface area contributed by atoms with Crippen molar-refractivity contribution in [3.8, 4) is 5.75 Å². The predicted molar refractivity (Wildman–Crippen MR) is 113 cm³/mol. The fourth-order valence-electron chi connectivity index (χ4n) is 2.41. The standard InChI is InChI=1S/C18H26N6O.HI/c1-13-22-23-17(24(13)2)12-21-18(19-10-14-4-5-14)20-11-15-6-8-16(25-3)9-7-15;/h6-9,14H,4-5,10-12H2,1-3H3,(H2,19,20,21);1H. The van der Waals surface area contributed by atoms with Gasteiger partial charge in [-0.1, -0.05) is 12.1 Å². The normalized spacial score (nSPS) is 13.9. The van der Waals surface area contributed by atoms with Gasteiger partial charge in [-0.3, -0.25) is 0 Å². The molecule has 0 atom stereocenters. The molecule has 1 aliphatic carbocycles. The van der Waals surface area contributed by atoms with E-state index in [1.54, 1.807) is 7.11 Å². The number of nitrogens with one attached hydrogen (secondary N) is 2. The summed E-state index contributed by atoms with van der Waals surface area (Å²) in [6, 6.07) is 7.98. The van der Waals surface area contributed by atoms with Crippen LogP contribution >= 0.6 is 24.0 Å². The van der Waals surface area contributed by atoms with Crippen molar-refractivity contribution in [2.75, 3.05) is 13.7 Å². The first-order valence-corrected chi connectivity index (χ1v) is 8.65. The number of aliphatic imine (C=N–C) groups is 1. The average Bonchev–Trinajstić information content (AvgIpc) is 3.41. The quantitative estimate of drug-likeness (QED) is 0.369. The molecule has 1 aliphatic rings. The molecule has 3 rings (SSSR count). The largest absolute Gasteiger partial charge is 0.497 e. The molecule has 0 saturated heterocycles. The van der Waals surface area contributed by atoms with Crippen LogP contribution in [-0.4, -0.2) is 34.4 Å². The van der Waals surface area contributed by atoms with E-state index in [2.05, 4.69) is 20.8 Å². The van der Waals surface area contributed by atoms with E-state index in [1.807, 2.05) is 42.8 Å². The highest BCUT2D eigenvalue weighted by Gasteiger charge is 2.21. The second kappa shape index (κ2) is 9.75. The highest BCUT2D eigenvalue weighted by molar-refractivity contribution is 14.0. The summed E-state index contributed by atoms with van der Waals surface area (Å²) >= 11 is 0. The minimum absolute atomic E-state index is 0. The van der Waals surface area contributed by atoms with Crippen molar-refractivity contribution < 1.29 is 4.74 Å². The number of rotatable bonds is 7. The van der Waals surface area contributed by atoms with Crippen molar-refractivity contribution in [1.82, 2.24) is 25.4 Å². The summed E-state index contributed by atoms with van der Waals surface area (Å²) in [5, 5.41) is 15.1. The Bertz CT molecular complexity index is 724. The van der Waals surface area contributed by atoms with Crippen molar-refractivity contribution in [1.29, 1.82) is 0 Å². The second-order valence-corrected chi connectivity index (χ2v) is 6.41. The number of methoxy groups -OCH3 is 1. The Morgan fingerprint density at radius 3 is 2.54 bits per heavy atom. The summed E-state index contributed by atoms with van der Waals surface area (Å²) in [6.07, 6.45) is 2.61. The van der Waals surface area contributed by atoms with Gasteiger partial charge in [0.1, 0.15) is 11.6 Å². The second-order valence-electron chi connectivity index (χ2n) is 6.41. The van der Waals surface area contributed by atoms with Crippen molar-refractivity contribution in [2.45, 2.75) is 32.9 Å². The Labute approximate surface area is 171 Å². The van der Waals surface area contributed by atoms with E-state index in [0.29, 0.717) is 13.1 Å². The van der Waals surface area contributed by atoms with E-state index in [0.717, 1.165) is 41.4 Å². The van der Waals surface area contributed by atoms with Crippen molar-refractivity contribution in [3.05, 3.63) is 41.5 Å². The predicted octanol–water partition coefficient (Wildman–Crippen LogP) is 2.40. The molecule has 8 heteroatoms. The van der Waals surface area contributed by atoms with Gasteiger partial charge in [0.2, 0.25) is 0 Å². The molecule has 1 aromatic heterocycles. The van der Waals surface area contributed by atoms with Gasteiger partial charge < -0.3 is 19.9 Å². The molecule has 7 nitrogen and oxygen atoms in total. The van der Waals surface area contributed by atoms with Crippen LogP contribution in [0, 0.1) is 12.8 Å². The molecule has 2 N–H and O–H groups in total. The van der Waals surface area contributed by atoms with E-state index in [-0.39, 0.29) is 24.0 Å². The van der Waals surface area contributed by atoms with Gasteiger partial charge in [-0.15, -0.1) is 34.2 Å². The molecule has 0 unspecified atom stereocenters. The first kappa shape index (κ1) is 20.5. The SMILES string of the molecule is COc1ccc(CN=C(NCc2nnc(C)n2C)NCC2CC2)cc1.I. The molecule has 2 aromatic rings. The number of ether oxygens (including phenoxy) is 1. The number of hydrogen-bond donors (Lipinski definition) is 2. The number of benzene rings is 1. The molecular weight excluding hydrogens is 443 g/mol. The smallest absolute Gasteiger partial charge is 0.191 e. The van der Waals surface area contributed by atoms with E-state index in [1.165, 1.54) is 12.8 Å². The first-order valence-electron chi connectivity index (χ1n) is 8.65. The maximum atomic E-state index is 5.19. The number of halogens is 1. The lowest BCUT2D eigenvalue weighted by molar-refractivity contribution is 0.414. The lowest BCUT2D eigenvalue weighted by atomic mass is 10.2. The summed E-state index contributed by atoms with van der Waals surface area (Å²) in [5.41, 5.74) is 1.14. The van der Waals surface area contributed by atoms with Crippen LogP contribution in [0.4, 0.5) is 0 Å². The molecule has 142 valence electrons. The Morgan fingerprint density at radius 2 is 1.96 bits per heavy atom. The zero-order valence-electron chi connectivity index (χ0n) is 15.5. The number of guanidine groups is 1. The van der Waals surface area contributed by atoms with Crippen LogP contribution in [0.3, 0.4) is 0 Å². The monoisotopic (exact) mass is 470 g/mol. The molecule has 0 spiro atoms. The molecule has 26 heavy (non-hydrogen) atoms. The van der Waals surface area contributed by atoms with Gasteiger partial charge in [0.25, 0.3) is 0 Å².